The first-order valence-electron chi connectivity index (χ1n) is 4.87. The molecule has 6 nitrogen and oxygen atoms in total. The van der Waals surface area contributed by atoms with E-state index in [4.69, 9.17) is 15.7 Å². The Labute approximate surface area is 103 Å². The molecule has 0 bridgehead atoms. The van der Waals surface area contributed by atoms with Gasteiger partial charge in [0.1, 0.15) is 5.60 Å². The van der Waals surface area contributed by atoms with Crippen LogP contribution in [-0.2, 0) is 4.74 Å². The number of rotatable bonds is 2. The van der Waals surface area contributed by atoms with Crippen LogP contribution in [0.15, 0.2) is 15.9 Å². The fourth-order valence-corrected chi connectivity index (χ4v) is 1.83. The second-order valence-electron chi connectivity index (χ2n) is 4.31. The SMILES string of the molecule is CC(C)(C)OC(=O)Nc1cscc1/C(N)=N/O. The van der Waals surface area contributed by atoms with Crippen molar-refractivity contribution in [2.45, 2.75) is 26.4 Å². The standard InChI is InChI=1S/C10H15N3O3S/c1-10(2,3)16-9(14)12-7-5-17-4-6(7)8(11)13-15/h4-5,15H,1-3H3,(H2,11,13)(H,12,14). The van der Waals surface area contributed by atoms with Crippen molar-refractivity contribution in [1.29, 1.82) is 0 Å². The number of ether oxygens (including phenoxy) is 1. The van der Waals surface area contributed by atoms with Gasteiger partial charge in [0.2, 0.25) is 0 Å². The Hall–Kier alpha value is -1.76. The summed E-state index contributed by atoms with van der Waals surface area (Å²) in [5.74, 6) is -0.0580. The average molecular weight is 257 g/mol. The maximum absolute atomic E-state index is 11.5. The van der Waals surface area contributed by atoms with E-state index in [9.17, 15) is 4.79 Å². The summed E-state index contributed by atoms with van der Waals surface area (Å²) in [6.45, 7) is 5.31. The lowest BCUT2D eigenvalue weighted by Crippen LogP contribution is -2.27. The van der Waals surface area contributed by atoms with Crippen LogP contribution < -0.4 is 11.1 Å². The van der Waals surface area contributed by atoms with E-state index in [-0.39, 0.29) is 5.84 Å². The number of nitrogens with zero attached hydrogens (tertiary/aromatic N) is 1. The van der Waals surface area contributed by atoms with Gasteiger partial charge >= 0.3 is 6.09 Å². The van der Waals surface area contributed by atoms with E-state index in [0.29, 0.717) is 11.3 Å². The number of nitrogens with one attached hydrogen (secondary N) is 1. The molecular formula is C10H15N3O3S. The number of hydrogen-bond acceptors (Lipinski definition) is 5. The molecule has 0 saturated carbocycles. The predicted octanol–water partition coefficient (Wildman–Crippen LogP) is 2.19. The van der Waals surface area contributed by atoms with Gasteiger partial charge in [-0.25, -0.2) is 4.79 Å². The fraction of sp³-hybridized carbons (Fsp3) is 0.400. The minimum Gasteiger partial charge on any atom is -0.444 e. The molecule has 0 aliphatic carbocycles. The van der Waals surface area contributed by atoms with Gasteiger partial charge in [0, 0.05) is 10.8 Å². The summed E-state index contributed by atoms with van der Waals surface area (Å²) >= 11 is 1.33. The normalized spacial score (nSPS) is 12.3. The van der Waals surface area contributed by atoms with Crippen molar-refractivity contribution in [1.82, 2.24) is 0 Å². The van der Waals surface area contributed by atoms with Gasteiger partial charge in [0.15, 0.2) is 5.84 Å². The number of carbonyl (C=O) groups is 1. The molecule has 1 rings (SSSR count). The van der Waals surface area contributed by atoms with Crippen molar-refractivity contribution >= 4 is 29.0 Å². The molecule has 1 heterocycles. The van der Waals surface area contributed by atoms with Gasteiger partial charge < -0.3 is 15.7 Å². The molecule has 0 aliphatic rings. The van der Waals surface area contributed by atoms with Crippen molar-refractivity contribution in [3.63, 3.8) is 0 Å². The molecule has 0 atom stereocenters. The lowest BCUT2D eigenvalue weighted by molar-refractivity contribution is 0.0636. The van der Waals surface area contributed by atoms with Crippen LogP contribution in [0.3, 0.4) is 0 Å². The van der Waals surface area contributed by atoms with Crippen LogP contribution in [0.1, 0.15) is 26.3 Å². The van der Waals surface area contributed by atoms with Gasteiger partial charge in [-0.3, -0.25) is 5.32 Å². The number of amidine groups is 1. The highest BCUT2D eigenvalue weighted by atomic mass is 32.1. The van der Waals surface area contributed by atoms with Crippen LogP contribution in [0.4, 0.5) is 10.5 Å². The first-order valence-corrected chi connectivity index (χ1v) is 5.82. The van der Waals surface area contributed by atoms with Crippen LogP contribution in [-0.4, -0.2) is 22.7 Å². The zero-order chi connectivity index (χ0) is 13.1. The van der Waals surface area contributed by atoms with E-state index in [2.05, 4.69) is 10.5 Å². The van der Waals surface area contributed by atoms with Gasteiger partial charge in [-0.15, -0.1) is 11.3 Å². The van der Waals surface area contributed by atoms with E-state index in [0.717, 1.165) is 0 Å². The maximum Gasteiger partial charge on any atom is 0.412 e. The summed E-state index contributed by atoms with van der Waals surface area (Å²) in [5.41, 5.74) is 5.80. The predicted molar refractivity (Wildman–Crippen MR) is 66.7 cm³/mol. The third kappa shape index (κ3) is 3.95. The number of thiophene rings is 1. The summed E-state index contributed by atoms with van der Waals surface area (Å²) in [5, 5.41) is 17.3. The number of carbonyl (C=O) groups excluding carboxylic acids is 1. The minimum atomic E-state index is -0.581. The summed E-state index contributed by atoms with van der Waals surface area (Å²) in [4.78, 5) is 11.5. The summed E-state index contributed by atoms with van der Waals surface area (Å²) < 4.78 is 5.09. The summed E-state index contributed by atoms with van der Waals surface area (Å²) in [6.07, 6.45) is -0.581. The Morgan fingerprint density at radius 3 is 2.71 bits per heavy atom. The highest BCUT2D eigenvalue weighted by Crippen LogP contribution is 2.21. The lowest BCUT2D eigenvalue weighted by atomic mass is 10.2. The van der Waals surface area contributed by atoms with Crippen molar-refractivity contribution in [3.05, 3.63) is 16.3 Å². The molecule has 0 fully saturated rings. The maximum atomic E-state index is 11.5. The molecule has 1 aromatic heterocycles. The first kappa shape index (κ1) is 13.3. The van der Waals surface area contributed by atoms with E-state index in [1.807, 2.05) is 0 Å². The second kappa shape index (κ2) is 5.05. The van der Waals surface area contributed by atoms with E-state index >= 15 is 0 Å². The molecule has 1 aromatic rings. The molecule has 0 unspecified atom stereocenters. The van der Waals surface area contributed by atoms with Gasteiger partial charge in [0.05, 0.1) is 11.3 Å². The minimum absolute atomic E-state index is 0.0580. The van der Waals surface area contributed by atoms with E-state index < -0.39 is 11.7 Å². The largest absolute Gasteiger partial charge is 0.444 e. The molecule has 0 aliphatic heterocycles. The Bertz CT molecular complexity index is 434. The number of amides is 1. The highest BCUT2D eigenvalue weighted by molar-refractivity contribution is 7.08. The molecule has 7 heteroatoms. The molecule has 4 N–H and O–H groups in total. The van der Waals surface area contributed by atoms with Crippen molar-refractivity contribution in [3.8, 4) is 0 Å². The zero-order valence-electron chi connectivity index (χ0n) is 9.85. The lowest BCUT2D eigenvalue weighted by Gasteiger charge is -2.19. The molecule has 94 valence electrons. The second-order valence-corrected chi connectivity index (χ2v) is 5.05. The summed E-state index contributed by atoms with van der Waals surface area (Å²) in [7, 11) is 0. The average Bonchev–Trinajstić information content (AvgIpc) is 2.61. The van der Waals surface area contributed by atoms with E-state index in [1.165, 1.54) is 11.3 Å². The smallest absolute Gasteiger partial charge is 0.412 e. The third-order valence-electron chi connectivity index (χ3n) is 1.68. The van der Waals surface area contributed by atoms with Crippen LogP contribution in [0.5, 0.6) is 0 Å². The number of oxime groups is 1. The van der Waals surface area contributed by atoms with Crippen LogP contribution in [0.2, 0.25) is 0 Å². The monoisotopic (exact) mass is 257 g/mol. The fourth-order valence-electron chi connectivity index (χ4n) is 1.06. The van der Waals surface area contributed by atoms with Crippen molar-refractivity contribution in [2.75, 3.05) is 5.32 Å². The third-order valence-corrected chi connectivity index (χ3v) is 2.42. The topological polar surface area (TPSA) is 96.9 Å². The Morgan fingerprint density at radius 2 is 2.18 bits per heavy atom. The summed E-state index contributed by atoms with van der Waals surface area (Å²) in [6, 6.07) is 0. The van der Waals surface area contributed by atoms with Crippen LogP contribution in [0, 0.1) is 0 Å². The molecule has 0 aromatic carbocycles. The quantitative estimate of drug-likeness (QED) is 0.327. The molecule has 0 saturated heterocycles. The molecule has 17 heavy (non-hydrogen) atoms. The Morgan fingerprint density at radius 1 is 1.53 bits per heavy atom. The molecule has 1 amide bonds. The number of anilines is 1. The van der Waals surface area contributed by atoms with Crippen LogP contribution in [0.25, 0.3) is 0 Å². The number of hydrogen-bond donors (Lipinski definition) is 3. The number of nitrogens with two attached hydrogens (primary N) is 1. The highest BCUT2D eigenvalue weighted by Gasteiger charge is 2.18. The Balaban J connectivity index is 2.76. The first-order chi connectivity index (χ1) is 7.83. The van der Waals surface area contributed by atoms with Gasteiger partial charge in [-0.1, -0.05) is 5.16 Å². The van der Waals surface area contributed by atoms with Crippen molar-refractivity contribution in [2.24, 2.45) is 10.9 Å². The van der Waals surface area contributed by atoms with Crippen molar-refractivity contribution < 1.29 is 14.7 Å². The van der Waals surface area contributed by atoms with Gasteiger partial charge in [-0.2, -0.15) is 0 Å². The van der Waals surface area contributed by atoms with E-state index in [1.54, 1.807) is 31.5 Å². The molecule has 0 spiro atoms. The van der Waals surface area contributed by atoms with Gasteiger partial charge in [0.25, 0.3) is 0 Å². The van der Waals surface area contributed by atoms with Crippen LogP contribution >= 0.6 is 11.3 Å². The zero-order valence-corrected chi connectivity index (χ0v) is 10.7. The molecule has 0 radical (unpaired) electrons. The van der Waals surface area contributed by atoms with Gasteiger partial charge in [-0.05, 0) is 20.8 Å². The Kier molecular flexibility index (Phi) is 3.95. The molecular weight excluding hydrogens is 242 g/mol.